The molecule has 0 aromatic heterocycles. The van der Waals surface area contributed by atoms with Crippen LogP contribution in [-0.4, -0.2) is 26.1 Å². The number of benzene rings is 1. The Kier molecular flexibility index (Phi) is 6.77. The topological polar surface area (TPSA) is 69.4 Å². The summed E-state index contributed by atoms with van der Waals surface area (Å²) in [5, 5.41) is 0. The van der Waals surface area contributed by atoms with E-state index in [0.29, 0.717) is 24.0 Å². The molecule has 0 radical (unpaired) electrons. The molecule has 2 N–H and O–H groups in total. The Morgan fingerprint density at radius 2 is 2.07 bits per heavy atom. The Bertz CT molecular complexity index is 856. The standard InChI is InChI=1S/C18H23F3NO3PS/c1-3-4-16(27(23,24)18(20,21)26)17-12(5-6-15(17)22)10-25-14-8-11(2)7-13(19)9-14/h4,7-9,15H,3,5-6,10,22,26H2,1-2H3/b16-4+/t15-/m1/s1. The molecule has 0 bridgehead atoms. The van der Waals surface area contributed by atoms with E-state index in [1.807, 2.05) is 0 Å². The van der Waals surface area contributed by atoms with Crippen LogP contribution in [0.2, 0.25) is 0 Å². The van der Waals surface area contributed by atoms with Gasteiger partial charge in [0.05, 0.1) is 4.91 Å². The molecule has 1 unspecified atom stereocenters. The Hall–Kier alpha value is -1.37. The molecule has 27 heavy (non-hydrogen) atoms. The monoisotopic (exact) mass is 421 g/mol. The molecule has 1 aliphatic rings. The second-order valence-electron chi connectivity index (χ2n) is 6.46. The van der Waals surface area contributed by atoms with Gasteiger partial charge in [0, 0.05) is 12.1 Å². The zero-order valence-corrected chi connectivity index (χ0v) is 17.1. The van der Waals surface area contributed by atoms with Crippen LogP contribution in [0, 0.1) is 12.7 Å². The summed E-state index contributed by atoms with van der Waals surface area (Å²) in [6.45, 7) is 3.32. The van der Waals surface area contributed by atoms with E-state index < -0.39 is 31.6 Å². The number of ether oxygens (including phenoxy) is 1. The molecule has 2 atom stereocenters. The minimum absolute atomic E-state index is 0.0507. The number of sulfone groups is 1. The first-order valence-electron chi connectivity index (χ1n) is 8.46. The summed E-state index contributed by atoms with van der Waals surface area (Å²) in [6.07, 6.45) is 2.35. The molecule has 1 aliphatic carbocycles. The molecule has 1 aromatic rings. The van der Waals surface area contributed by atoms with Crippen LogP contribution in [0.25, 0.3) is 0 Å². The van der Waals surface area contributed by atoms with Crippen LogP contribution in [0.3, 0.4) is 0 Å². The van der Waals surface area contributed by atoms with Crippen molar-refractivity contribution >= 4 is 19.1 Å². The normalized spacial score (nSPS) is 18.9. The zero-order valence-electron chi connectivity index (χ0n) is 15.1. The molecule has 9 heteroatoms. The third kappa shape index (κ3) is 4.92. The van der Waals surface area contributed by atoms with Gasteiger partial charge >= 0.3 is 5.00 Å². The maximum atomic E-state index is 13.7. The average molecular weight is 421 g/mol. The molecular formula is C18H23F3NO3PS. The van der Waals surface area contributed by atoms with Crippen LogP contribution >= 0.6 is 9.24 Å². The number of hydrogen-bond acceptors (Lipinski definition) is 4. The predicted octanol–water partition coefficient (Wildman–Crippen LogP) is 4.06. The summed E-state index contributed by atoms with van der Waals surface area (Å²) in [6, 6.07) is 3.50. The van der Waals surface area contributed by atoms with E-state index in [-0.39, 0.29) is 24.4 Å². The molecule has 0 saturated carbocycles. The van der Waals surface area contributed by atoms with Gasteiger partial charge in [0.2, 0.25) is 9.84 Å². The highest BCUT2D eigenvalue weighted by Gasteiger charge is 2.45. The van der Waals surface area contributed by atoms with Gasteiger partial charge in [-0.15, -0.1) is 0 Å². The van der Waals surface area contributed by atoms with Crippen LogP contribution in [-0.2, 0) is 9.84 Å². The lowest BCUT2D eigenvalue weighted by Crippen LogP contribution is -2.29. The lowest BCUT2D eigenvalue weighted by molar-refractivity contribution is 0.196. The van der Waals surface area contributed by atoms with Crippen molar-refractivity contribution in [1.82, 2.24) is 0 Å². The first kappa shape index (κ1) is 21.9. The molecule has 4 nitrogen and oxygen atoms in total. The number of nitrogens with two attached hydrogens (primary N) is 1. The van der Waals surface area contributed by atoms with E-state index >= 15 is 0 Å². The Morgan fingerprint density at radius 1 is 1.41 bits per heavy atom. The summed E-state index contributed by atoms with van der Waals surface area (Å²) >= 11 is 0. The van der Waals surface area contributed by atoms with Crippen LogP contribution in [0.1, 0.15) is 31.7 Å². The molecule has 0 fully saturated rings. The smallest absolute Gasteiger partial charge is 0.359 e. The number of aryl methyl sites for hydroxylation is 1. The summed E-state index contributed by atoms with van der Waals surface area (Å²) in [5.41, 5.74) is 7.40. The number of allylic oxidation sites excluding steroid dienone is 1. The molecule has 2 rings (SSSR count). The average Bonchev–Trinajstić information content (AvgIpc) is 2.89. The van der Waals surface area contributed by atoms with Crippen LogP contribution in [0.5, 0.6) is 5.75 Å². The Morgan fingerprint density at radius 3 is 2.63 bits per heavy atom. The first-order chi connectivity index (χ1) is 12.5. The summed E-state index contributed by atoms with van der Waals surface area (Å²) in [4.78, 5) is -4.46. The second kappa shape index (κ2) is 8.33. The molecular weight excluding hydrogens is 398 g/mol. The molecule has 0 aliphatic heterocycles. The van der Waals surface area contributed by atoms with Gasteiger partial charge in [-0.05, 0) is 64.3 Å². The van der Waals surface area contributed by atoms with Crippen LogP contribution in [0.15, 0.2) is 40.3 Å². The first-order valence-corrected chi connectivity index (χ1v) is 10.5. The quantitative estimate of drug-likeness (QED) is 0.674. The summed E-state index contributed by atoms with van der Waals surface area (Å²) in [5.74, 6) is -0.181. The van der Waals surface area contributed by atoms with Crippen molar-refractivity contribution in [2.24, 2.45) is 5.73 Å². The van der Waals surface area contributed by atoms with E-state index in [0.717, 1.165) is 9.24 Å². The molecule has 0 heterocycles. The SMILES string of the molecule is CC/C=C(\C1=C(COc2cc(C)cc(F)c2)CC[C@H]1N)S(=O)(=O)C(F)(F)P. The van der Waals surface area contributed by atoms with Gasteiger partial charge < -0.3 is 10.5 Å². The lowest BCUT2D eigenvalue weighted by atomic mass is 10.1. The number of hydrogen-bond donors (Lipinski definition) is 1. The largest absolute Gasteiger partial charge is 0.489 e. The van der Waals surface area contributed by atoms with E-state index in [1.54, 1.807) is 19.9 Å². The van der Waals surface area contributed by atoms with Crippen molar-refractivity contribution in [2.45, 2.75) is 44.1 Å². The summed E-state index contributed by atoms with van der Waals surface area (Å²) < 4.78 is 71.3. The van der Waals surface area contributed by atoms with Crippen molar-refractivity contribution < 1.29 is 26.3 Å². The fraction of sp³-hybridized carbons (Fsp3) is 0.444. The number of rotatable bonds is 7. The minimum Gasteiger partial charge on any atom is -0.489 e. The van der Waals surface area contributed by atoms with E-state index in [4.69, 9.17) is 10.5 Å². The highest BCUT2D eigenvalue weighted by molar-refractivity contribution is 8.00. The maximum absolute atomic E-state index is 13.7. The third-order valence-electron chi connectivity index (χ3n) is 4.24. The van der Waals surface area contributed by atoms with Gasteiger partial charge in [0.25, 0.3) is 0 Å². The lowest BCUT2D eigenvalue weighted by Gasteiger charge is -2.20. The zero-order chi connectivity index (χ0) is 20.4. The predicted molar refractivity (Wildman–Crippen MR) is 103 cm³/mol. The molecule has 0 amide bonds. The number of alkyl halides is 2. The van der Waals surface area contributed by atoms with Crippen molar-refractivity contribution in [3.63, 3.8) is 0 Å². The second-order valence-corrected chi connectivity index (χ2v) is 9.59. The van der Waals surface area contributed by atoms with Crippen molar-refractivity contribution in [3.05, 3.63) is 51.7 Å². The molecule has 0 saturated heterocycles. The van der Waals surface area contributed by atoms with Crippen molar-refractivity contribution in [3.8, 4) is 5.75 Å². The Balaban J connectivity index is 2.41. The van der Waals surface area contributed by atoms with Gasteiger partial charge in [0.1, 0.15) is 18.2 Å². The number of halogens is 3. The fourth-order valence-corrected chi connectivity index (χ4v) is 4.68. The highest BCUT2D eigenvalue weighted by atomic mass is 32.2. The third-order valence-corrected chi connectivity index (χ3v) is 6.85. The van der Waals surface area contributed by atoms with Gasteiger partial charge in [-0.1, -0.05) is 13.0 Å². The minimum atomic E-state index is -4.91. The molecule has 150 valence electrons. The Labute approximate surface area is 159 Å². The van der Waals surface area contributed by atoms with E-state index in [1.165, 1.54) is 18.2 Å². The van der Waals surface area contributed by atoms with Crippen LogP contribution in [0.4, 0.5) is 13.2 Å². The maximum Gasteiger partial charge on any atom is 0.359 e. The van der Waals surface area contributed by atoms with E-state index in [9.17, 15) is 21.6 Å². The van der Waals surface area contributed by atoms with Crippen molar-refractivity contribution in [1.29, 1.82) is 0 Å². The van der Waals surface area contributed by atoms with E-state index in [2.05, 4.69) is 0 Å². The molecule has 1 aromatic carbocycles. The van der Waals surface area contributed by atoms with Gasteiger partial charge in [-0.2, -0.15) is 8.78 Å². The highest BCUT2D eigenvalue weighted by Crippen LogP contribution is 2.41. The fourth-order valence-electron chi connectivity index (χ4n) is 3.03. The van der Waals surface area contributed by atoms with Gasteiger partial charge in [-0.25, -0.2) is 12.8 Å². The molecule has 0 spiro atoms. The van der Waals surface area contributed by atoms with Crippen LogP contribution < -0.4 is 10.5 Å². The summed E-state index contributed by atoms with van der Waals surface area (Å²) in [7, 11) is -3.84. The van der Waals surface area contributed by atoms with Gasteiger partial charge in [0.15, 0.2) is 0 Å². The van der Waals surface area contributed by atoms with Crippen molar-refractivity contribution in [2.75, 3.05) is 6.61 Å². The van der Waals surface area contributed by atoms with Gasteiger partial charge in [-0.3, -0.25) is 0 Å².